The maximum absolute atomic E-state index is 5.12. The predicted octanol–water partition coefficient (Wildman–Crippen LogP) is 3.15. The summed E-state index contributed by atoms with van der Waals surface area (Å²) in [4.78, 5) is 0. The highest BCUT2D eigenvalue weighted by molar-refractivity contribution is 5.79. The first-order chi connectivity index (χ1) is 8.04. The number of hydrogen-bond acceptors (Lipinski definition) is 3. The standard InChI is InChI=1S/C14H22N2O/c1-11(2)16(12(3)4)15-10-13-6-8-14(17-5)9-7-13/h6-12H,1-5H3. The van der Waals surface area contributed by atoms with Crippen LogP contribution in [0.2, 0.25) is 0 Å². The highest BCUT2D eigenvalue weighted by Gasteiger charge is 2.08. The molecule has 0 saturated carbocycles. The van der Waals surface area contributed by atoms with Gasteiger partial charge in [-0.1, -0.05) is 0 Å². The van der Waals surface area contributed by atoms with E-state index in [1.165, 1.54) is 0 Å². The second-order valence-corrected chi connectivity index (χ2v) is 4.59. The Morgan fingerprint density at radius 1 is 1.06 bits per heavy atom. The van der Waals surface area contributed by atoms with Crippen LogP contribution in [0, 0.1) is 0 Å². The van der Waals surface area contributed by atoms with Gasteiger partial charge in [0.25, 0.3) is 0 Å². The molecule has 0 N–H and O–H groups in total. The minimum absolute atomic E-state index is 0.407. The fraction of sp³-hybridized carbons (Fsp3) is 0.500. The predicted molar refractivity (Wildman–Crippen MR) is 72.7 cm³/mol. The van der Waals surface area contributed by atoms with E-state index >= 15 is 0 Å². The third kappa shape index (κ3) is 4.10. The first kappa shape index (κ1) is 13.6. The Morgan fingerprint density at radius 2 is 1.59 bits per heavy atom. The first-order valence-electron chi connectivity index (χ1n) is 6.01. The molecule has 0 bridgehead atoms. The fourth-order valence-corrected chi connectivity index (χ4v) is 1.69. The summed E-state index contributed by atoms with van der Waals surface area (Å²) in [5.41, 5.74) is 1.08. The molecule has 0 saturated heterocycles. The maximum Gasteiger partial charge on any atom is 0.118 e. The summed E-state index contributed by atoms with van der Waals surface area (Å²) < 4.78 is 5.12. The summed E-state index contributed by atoms with van der Waals surface area (Å²) in [6.45, 7) is 8.58. The zero-order valence-electron chi connectivity index (χ0n) is 11.3. The monoisotopic (exact) mass is 234 g/mol. The normalized spacial score (nSPS) is 11.5. The van der Waals surface area contributed by atoms with E-state index in [0.29, 0.717) is 12.1 Å². The quantitative estimate of drug-likeness (QED) is 0.577. The van der Waals surface area contributed by atoms with Crippen LogP contribution < -0.4 is 4.74 Å². The molecule has 0 unspecified atom stereocenters. The summed E-state index contributed by atoms with van der Waals surface area (Å²) in [7, 11) is 1.67. The number of nitrogens with zero attached hydrogens (tertiary/aromatic N) is 2. The van der Waals surface area contributed by atoms with Gasteiger partial charge in [-0.05, 0) is 57.5 Å². The molecule has 0 radical (unpaired) electrons. The molecule has 1 aromatic rings. The van der Waals surface area contributed by atoms with Crippen molar-refractivity contribution in [2.45, 2.75) is 39.8 Å². The lowest BCUT2D eigenvalue weighted by Gasteiger charge is -2.27. The van der Waals surface area contributed by atoms with E-state index in [0.717, 1.165) is 11.3 Å². The van der Waals surface area contributed by atoms with Crippen molar-refractivity contribution in [3.8, 4) is 5.75 Å². The van der Waals surface area contributed by atoms with E-state index < -0.39 is 0 Å². The molecule has 1 rings (SSSR count). The van der Waals surface area contributed by atoms with Gasteiger partial charge < -0.3 is 4.74 Å². The van der Waals surface area contributed by atoms with E-state index in [1.54, 1.807) is 7.11 Å². The molecule has 17 heavy (non-hydrogen) atoms. The van der Waals surface area contributed by atoms with Crippen molar-refractivity contribution >= 4 is 6.21 Å². The highest BCUT2D eigenvalue weighted by atomic mass is 16.5. The van der Waals surface area contributed by atoms with Crippen molar-refractivity contribution in [1.82, 2.24) is 5.01 Å². The molecular formula is C14H22N2O. The zero-order valence-corrected chi connectivity index (χ0v) is 11.3. The Balaban J connectivity index is 2.74. The second kappa shape index (κ2) is 6.28. The van der Waals surface area contributed by atoms with Crippen molar-refractivity contribution in [2.75, 3.05) is 7.11 Å². The van der Waals surface area contributed by atoms with Crippen molar-refractivity contribution < 1.29 is 4.74 Å². The summed E-state index contributed by atoms with van der Waals surface area (Å²) in [6.07, 6.45) is 1.89. The third-order valence-electron chi connectivity index (χ3n) is 2.51. The van der Waals surface area contributed by atoms with Crippen molar-refractivity contribution in [2.24, 2.45) is 5.10 Å². The SMILES string of the molecule is COc1ccc(C=NN(C(C)C)C(C)C)cc1. The number of benzene rings is 1. The van der Waals surface area contributed by atoms with Gasteiger partial charge in [0.2, 0.25) is 0 Å². The highest BCUT2D eigenvalue weighted by Crippen LogP contribution is 2.11. The molecule has 0 fully saturated rings. The minimum atomic E-state index is 0.407. The fourth-order valence-electron chi connectivity index (χ4n) is 1.69. The molecule has 1 aromatic carbocycles. The van der Waals surface area contributed by atoms with Crippen LogP contribution in [0.4, 0.5) is 0 Å². The first-order valence-corrected chi connectivity index (χ1v) is 6.01. The molecule has 0 amide bonds. The van der Waals surface area contributed by atoms with Crippen LogP contribution in [-0.4, -0.2) is 30.4 Å². The van der Waals surface area contributed by atoms with Crippen LogP contribution in [0.15, 0.2) is 29.4 Å². The third-order valence-corrected chi connectivity index (χ3v) is 2.51. The number of hydrogen-bond donors (Lipinski definition) is 0. The molecule has 0 heterocycles. The number of methoxy groups -OCH3 is 1. The lowest BCUT2D eigenvalue weighted by atomic mass is 10.2. The molecule has 0 atom stereocenters. The van der Waals surface area contributed by atoms with Gasteiger partial charge in [0.15, 0.2) is 0 Å². The lowest BCUT2D eigenvalue weighted by Crippen LogP contribution is -2.32. The minimum Gasteiger partial charge on any atom is -0.497 e. The van der Waals surface area contributed by atoms with E-state index in [2.05, 4.69) is 37.8 Å². The molecule has 0 spiro atoms. The van der Waals surface area contributed by atoms with Gasteiger partial charge in [0.1, 0.15) is 5.75 Å². The average molecular weight is 234 g/mol. The van der Waals surface area contributed by atoms with Gasteiger partial charge in [-0.2, -0.15) is 5.10 Å². The van der Waals surface area contributed by atoms with Crippen molar-refractivity contribution in [1.29, 1.82) is 0 Å². The summed E-state index contributed by atoms with van der Waals surface area (Å²) >= 11 is 0. The Hall–Kier alpha value is -1.51. The second-order valence-electron chi connectivity index (χ2n) is 4.59. The van der Waals surface area contributed by atoms with Gasteiger partial charge >= 0.3 is 0 Å². The molecule has 0 aliphatic carbocycles. The Bertz CT molecular complexity index is 347. The van der Waals surface area contributed by atoms with Gasteiger partial charge in [0.05, 0.1) is 13.3 Å². The van der Waals surface area contributed by atoms with E-state index in [4.69, 9.17) is 4.74 Å². The Kier molecular flexibility index (Phi) is 5.01. The molecule has 0 aliphatic rings. The van der Waals surface area contributed by atoms with E-state index in [-0.39, 0.29) is 0 Å². The smallest absolute Gasteiger partial charge is 0.118 e. The largest absolute Gasteiger partial charge is 0.497 e. The van der Waals surface area contributed by atoms with Crippen LogP contribution in [0.25, 0.3) is 0 Å². The molecule has 94 valence electrons. The van der Waals surface area contributed by atoms with Crippen LogP contribution in [-0.2, 0) is 0 Å². The number of rotatable bonds is 5. The molecule has 0 aromatic heterocycles. The molecule has 3 heteroatoms. The Morgan fingerprint density at radius 3 is 2.00 bits per heavy atom. The topological polar surface area (TPSA) is 24.8 Å². The number of hydrazone groups is 1. The zero-order chi connectivity index (χ0) is 12.8. The van der Waals surface area contributed by atoms with Crippen LogP contribution in [0.1, 0.15) is 33.3 Å². The van der Waals surface area contributed by atoms with Gasteiger partial charge in [-0.15, -0.1) is 0 Å². The Labute approximate surface area is 104 Å². The number of ether oxygens (including phenoxy) is 1. The van der Waals surface area contributed by atoms with Gasteiger partial charge in [-0.3, -0.25) is 5.01 Å². The van der Waals surface area contributed by atoms with Gasteiger partial charge in [-0.25, -0.2) is 0 Å². The van der Waals surface area contributed by atoms with E-state index in [1.807, 2.05) is 30.5 Å². The summed E-state index contributed by atoms with van der Waals surface area (Å²) in [5.74, 6) is 0.867. The molecular weight excluding hydrogens is 212 g/mol. The van der Waals surface area contributed by atoms with Crippen LogP contribution >= 0.6 is 0 Å². The van der Waals surface area contributed by atoms with E-state index in [9.17, 15) is 0 Å². The average Bonchev–Trinajstić information content (AvgIpc) is 2.29. The van der Waals surface area contributed by atoms with Crippen LogP contribution in [0.5, 0.6) is 5.75 Å². The summed E-state index contributed by atoms with van der Waals surface area (Å²) in [6, 6.07) is 8.70. The molecule has 0 aliphatic heterocycles. The van der Waals surface area contributed by atoms with Crippen molar-refractivity contribution in [3.63, 3.8) is 0 Å². The van der Waals surface area contributed by atoms with Crippen LogP contribution in [0.3, 0.4) is 0 Å². The van der Waals surface area contributed by atoms with Crippen molar-refractivity contribution in [3.05, 3.63) is 29.8 Å². The maximum atomic E-state index is 5.12. The van der Waals surface area contributed by atoms with Gasteiger partial charge in [0, 0.05) is 12.1 Å². The lowest BCUT2D eigenvalue weighted by molar-refractivity contribution is 0.185. The molecule has 3 nitrogen and oxygen atoms in total. The summed E-state index contributed by atoms with van der Waals surface area (Å²) in [5, 5.41) is 6.60.